The topological polar surface area (TPSA) is 51.2 Å². The molecule has 28 heavy (non-hydrogen) atoms. The van der Waals surface area contributed by atoms with E-state index in [0.29, 0.717) is 6.61 Å². The van der Waals surface area contributed by atoms with Crippen LogP contribution in [0.1, 0.15) is 42.6 Å². The number of benzene rings is 2. The minimum absolute atomic E-state index is 0.0696. The standard InChI is InChI=1S/C23H26N2O2S/c1-16-5-11-20(12-6-16)27-14-22-25-19(15-28-22)13-21(26)24-18-9-7-17(8-10-18)23(2,3)4/h5-12,15H,13-14H2,1-4H3,(H,24,26). The fourth-order valence-electron chi connectivity index (χ4n) is 2.70. The Hall–Kier alpha value is -2.66. The van der Waals surface area contributed by atoms with E-state index in [1.54, 1.807) is 0 Å². The van der Waals surface area contributed by atoms with E-state index in [1.807, 2.05) is 48.7 Å². The zero-order chi connectivity index (χ0) is 20.1. The number of hydrogen-bond acceptors (Lipinski definition) is 4. The van der Waals surface area contributed by atoms with Crippen LogP contribution in [0.3, 0.4) is 0 Å². The van der Waals surface area contributed by atoms with Crippen molar-refractivity contribution >= 4 is 22.9 Å². The zero-order valence-electron chi connectivity index (χ0n) is 16.8. The van der Waals surface area contributed by atoms with Gasteiger partial charge in [0.1, 0.15) is 17.4 Å². The third-order valence-corrected chi connectivity index (χ3v) is 5.23. The summed E-state index contributed by atoms with van der Waals surface area (Å²) in [4.78, 5) is 16.8. The summed E-state index contributed by atoms with van der Waals surface area (Å²) >= 11 is 1.51. The molecule has 1 amide bonds. The molecule has 0 unspecified atom stereocenters. The Morgan fingerprint density at radius 2 is 1.75 bits per heavy atom. The van der Waals surface area contributed by atoms with Crippen molar-refractivity contribution in [2.45, 2.75) is 46.1 Å². The van der Waals surface area contributed by atoms with Gasteiger partial charge >= 0.3 is 0 Å². The largest absolute Gasteiger partial charge is 0.486 e. The lowest BCUT2D eigenvalue weighted by Gasteiger charge is -2.19. The number of aryl methyl sites for hydroxylation is 1. The number of carbonyl (C=O) groups excluding carboxylic acids is 1. The molecule has 5 heteroatoms. The van der Waals surface area contributed by atoms with E-state index in [9.17, 15) is 4.79 Å². The van der Waals surface area contributed by atoms with Crippen LogP contribution in [-0.4, -0.2) is 10.9 Å². The molecule has 2 aromatic carbocycles. The molecule has 0 aliphatic carbocycles. The summed E-state index contributed by atoms with van der Waals surface area (Å²) in [6.07, 6.45) is 0.252. The smallest absolute Gasteiger partial charge is 0.230 e. The average Bonchev–Trinajstić information content (AvgIpc) is 3.08. The van der Waals surface area contributed by atoms with Crippen molar-refractivity contribution in [3.63, 3.8) is 0 Å². The molecule has 0 fully saturated rings. The first kappa shape index (κ1) is 20.1. The van der Waals surface area contributed by atoms with Crippen molar-refractivity contribution in [3.8, 4) is 5.75 Å². The first-order valence-electron chi connectivity index (χ1n) is 9.33. The lowest BCUT2D eigenvalue weighted by atomic mass is 9.87. The quantitative estimate of drug-likeness (QED) is 0.600. The zero-order valence-corrected chi connectivity index (χ0v) is 17.6. The van der Waals surface area contributed by atoms with Crippen LogP contribution in [0.2, 0.25) is 0 Å². The summed E-state index contributed by atoms with van der Waals surface area (Å²) in [5.41, 5.74) is 4.10. The van der Waals surface area contributed by atoms with E-state index in [2.05, 4.69) is 43.2 Å². The van der Waals surface area contributed by atoms with Gasteiger partial charge in [0.25, 0.3) is 0 Å². The number of carbonyl (C=O) groups is 1. The highest BCUT2D eigenvalue weighted by Crippen LogP contribution is 2.23. The van der Waals surface area contributed by atoms with Gasteiger partial charge < -0.3 is 10.1 Å². The van der Waals surface area contributed by atoms with Crippen LogP contribution in [0.25, 0.3) is 0 Å². The van der Waals surface area contributed by atoms with Crippen molar-refractivity contribution < 1.29 is 9.53 Å². The highest BCUT2D eigenvalue weighted by Gasteiger charge is 2.13. The van der Waals surface area contributed by atoms with Gasteiger partial charge in [0.2, 0.25) is 5.91 Å². The van der Waals surface area contributed by atoms with Gasteiger partial charge in [0.15, 0.2) is 0 Å². The molecule has 0 spiro atoms. The summed E-state index contributed by atoms with van der Waals surface area (Å²) in [5, 5.41) is 5.71. The number of nitrogens with zero attached hydrogens (tertiary/aromatic N) is 1. The first-order chi connectivity index (χ1) is 13.3. The normalized spacial score (nSPS) is 11.3. The van der Waals surface area contributed by atoms with Crippen LogP contribution in [-0.2, 0) is 23.2 Å². The molecule has 0 aliphatic heterocycles. The number of anilines is 1. The van der Waals surface area contributed by atoms with Crippen LogP contribution < -0.4 is 10.1 Å². The van der Waals surface area contributed by atoms with E-state index in [0.717, 1.165) is 22.1 Å². The van der Waals surface area contributed by atoms with Crippen molar-refractivity contribution in [2.75, 3.05) is 5.32 Å². The van der Waals surface area contributed by atoms with Crippen LogP contribution in [0.4, 0.5) is 5.69 Å². The molecule has 3 rings (SSSR count). The lowest BCUT2D eigenvalue weighted by Crippen LogP contribution is -2.15. The molecule has 0 atom stereocenters. The number of ether oxygens (including phenoxy) is 1. The predicted octanol–water partition coefficient (Wildman–Crippen LogP) is 5.51. The van der Waals surface area contributed by atoms with Gasteiger partial charge in [-0.25, -0.2) is 4.98 Å². The van der Waals surface area contributed by atoms with Crippen LogP contribution in [0.5, 0.6) is 5.75 Å². The highest BCUT2D eigenvalue weighted by atomic mass is 32.1. The van der Waals surface area contributed by atoms with Gasteiger partial charge in [-0.3, -0.25) is 4.79 Å². The highest BCUT2D eigenvalue weighted by molar-refractivity contribution is 7.09. The maximum absolute atomic E-state index is 12.3. The molecule has 0 aliphatic rings. The molecule has 0 saturated heterocycles. The van der Waals surface area contributed by atoms with E-state index < -0.39 is 0 Å². The Labute approximate surface area is 170 Å². The molecular weight excluding hydrogens is 368 g/mol. The van der Waals surface area contributed by atoms with Crippen LogP contribution in [0, 0.1) is 6.92 Å². The van der Waals surface area contributed by atoms with Crippen molar-refractivity contribution in [2.24, 2.45) is 0 Å². The molecule has 0 bridgehead atoms. The van der Waals surface area contributed by atoms with Gasteiger partial charge in [0, 0.05) is 11.1 Å². The lowest BCUT2D eigenvalue weighted by molar-refractivity contribution is -0.115. The maximum atomic E-state index is 12.3. The Morgan fingerprint density at radius 3 is 2.39 bits per heavy atom. The molecule has 1 N–H and O–H groups in total. The Balaban J connectivity index is 1.51. The fraction of sp³-hybridized carbons (Fsp3) is 0.304. The van der Waals surface area contributed by atoms with Crippen LogP contribution in [0.15, 0.2) is 53.9 Å². The number of amides is 1. The maximum Gasteiger partial charge on any atom is 0.230 e. The van der Waals surface area contributed by atoms with E-state index in [-0.39, 0.29) is 17.7 Å². The number of aromatic nitrogens is 1. The van der Waals surface area contributed by atoms with E-state index in [4.69, 9.17) is 4.74 Å². The average molecular weight is 395 g/mol. The summed E-state index contributed by atoms with van der Waals surface area (Å²) in [7, 11) is 0. The van der Waals surface area contributed by atoms with E-state index >= 15 is 0 Å². The Bertz CT molecular complexity index is 922. The van der Waals surface area contributed by atoms with Gasteiger partial charge in [0.05, 0.1) is 12.1 Å². The van der Waals surface area contributed by atoms with Crippen molar-refractivity contribution in [1.82, 2.24) is 4.98 Å². The molecule has 3 aromatic rings. The van der Waals surface area contributed by atoms with E-state index in [1.165, 1.54) is 22.5 Å². The summed E-state index contributed by atoms with van der Waals surface area (Å²) in [6.45, 7) is 8.96. The van der Waals surface area contributed by atoms with Gasteiger partial charge in [-0.05, 0) is 42.2 Å². The SMILES string of the molecule is Cc1ccc(OCc2nc(CC(=O)Nc3ccc(C(C)(C)C)cc3)cs2)cc1. The van der Waals surface area contributed by atoms with Gasteiger partial charge in [-0.1, -0.05) is 50.6 Å². The molecule has 4 nitrogen and oxygen atoms in total. The molecule has 0 radical (unpaired) electrons. The second kappa shape index (κ2) is 8.57. The molecule has 1 heterocycles. The third-order valence-electron chi connectivity index (χ3n) is 4.36. The fourth-order valence-corrected chi connectivity index (χ4v) is 3.40. The number of rotatable bonds is 6. The second-order valence-electron chi connectivity index (χ2n) is 7.89. The minimum atomic E-state index is -0.0696. The monoisotopic (exact) mass is 394 g/mol. The minimum Gasteiger partial charge on any atom is -0.486 e. The molecular formula is C23H26N2O2S. The van der Waals surface area contributed by atoms with Gasteiger partial charge in [-0.2, -0.15) is 0 Å². The third kappa shape index (κ3) is 5.67. The Morgan fingerprint density at radius 1 is 1.07 bits per heavy atom. The number of hydrogen-bond donors (Lipinski definition) is 1. The van der Waals surface area contributed by atoms with Crippen LogP contribution >= 0.6 is 11.3 Å². The van der Waals surface area contributed by atoms with Crippen molar-refractivity contribution in [3.05, 3.63) is 75.7 Å². The summed E-state index contributed by atoms with van der Waals surface area (Å²) < 4.78 is 5.75. The number of thiazole rings is 1. The van der Waals surface area contributed by atoms with Crippen molar-refractivity contribution in [1.29, 1.82) is 0 Å². The van der Waals surface area contributed by atoms with Gasteiger partial charge in [-0.15, -0.1) is 11.3 Å². The molecule has 0 saturated carbocycles. The number of nitrogens with one attached hydrogen (secondary N) is 1. The predicted molar refractivity (Wildman–Crippen MR) is 115 cm³/mol. The summed E-state index contributed by atoms with van der Waals surface area (Å²) in [5.74, 6) is 0.749. The Kier molecular flexibility index (Phi) is 6.15. The first-order valence-corrected chi connectivity index (χ1v) is 10.2. The molecule has 146 valence electrons. The molecule has 1 aromatic heterocycles. The summed E-state index contributed by atoms with van der Waals surface area (Å²) in [6, 6.07) is 15.9. The second-order valence-corrected chi connectivity index (χ2v) is 8.83.